The highest BCUT2D eigenvalue weighted by Crippen LogP contribution is 2.30. The summed E-state index contributed by atoms with van der Waals surface area (Å²) >= 11 is 0. The maximum Gasteiger partial charge on any atom is 0.320 e. The minimum Gasteiger partial charge on any atom is -0.378 e. The van der Waals surface area contributed by atoms with Crippen LogP contribution in [0.3, 0.4) is 0 Å². The first-order chi connectivity index (χ1) is 17.9. The fraction of sp³-hybridized carbons (Fsp3) is 0.333. The minimum absolute atomic E-state index is 0.0104. The van der Waals surface area contributed by atoms with Gasteiger partial charge >= 0.3 is 6.03 Å². The highest BCUT2D eigenvalue weighted by atomic mass is 32.2. The molecule has 2 aliphatic rings. The molecule has 2 aliphatic heterocycles. The van der Waals surface area contributed by atoms with E-state index in [0.717, 1.165) is 0 Å². The molecule has 3 amide bonds. The number of hydrogen-bond acceptors (Lipinski definition) is 5. The molecule has 37 heavy (non-hydrogen) atoms. The smallest absolute Gasteiger partial charge is 0.320 e. The maximum absolute atomic E-state index is 13.4. The number of ether oxygens (including phenoxy) is 1. The van der Waals surface area contributed by atoms with Gasteiger partial charge in [-0.2, -0.15) is 0 Å². The van der Waals surface area contributed by atoms with Crippen LogP contribution in [0, 0.1) is 0 Å². The van der Waals surface area contributed by atoms with Gasteiger partial charge in [-0.25, -0.2) is 17.9 Å². The van der Waals surface area contributed by atoms with Gasteiger partial charge in [-0.15, -0.1) is 0 Å². The number of morpholine rings is 1. The van der Waals surface area contributed by atoms with Crippen LogP contribution in [0.25, 0.3) is 10.8 Å². The van der Waals surface area contributed by atoms with Crippen molar-refractivity contribution in [3.05, 3.63) is 72.3 Å². The second-order valence-electron chi connectivity index (χ2n) is 9.24. The Balaban J connectivity index is 1.29. The number of nitrogens with one attached hydrogen (secondary N) is 2. The second kappa shape index (κ2) is 10.9. The lowest BCUT2D eigenvalue weighted by Crippen LogP contribution is -2.52. The summed E-state index contributed by atoms with van der Waals surface area (Å²) in [6.45, 7) is 3.25. The average molecular weight is 523 g/mol. The van der Waals surface area contributed by atoms with Crippen LogP contribution in [-0.4, -0.2) is 75.6 Å². The van der Waals surface area contributed by atoms with Crippen LogP contribution in [-0.2, 0) is 14.8 Å². The highest BCUT2D eigenvalue weighted by Gasteiger charge is 2.30. The molecule has 9 nitrogen and oxygen atoms in total. The Morgan fingerprint density at radius 3 is 2.11 bits per heavy atom. The van der Waals surface area contributed by atoms with E-state index in [9.17, 15) is 18.0 Å². The molecule has 0 aliphatic carbocycles. The summed E-state index contributed by atoms with van der Waals surface area (Å²) in [5.74, 6) is -0.266. The number of benzene rings is 3. The van der Waals surface area contributed by atoms with Crippen molar-refractivity contribution in [3.63, 3.8) is 0 Å². The number of urea groups is 1. The van der Waals surface area contributed by atoms with Crippen molar-refractivity contribution >= 4 is 38.4 Å². The molecule has 2 heterocycles. The number of hydrogen-bond donors (Lipinski definition) is 2. The topological polar surface area (TPSA) is 108 Å². The number of likely N-dealkylation sites (tertiary alicyclic amines) is 1. The predicted molar refractivity (Wildman–Crippen MR) is 141 cm³/mol. The normalized spacial score (nSPS) is 17.1. The van der Waals surface area contributed by atoms with Crippen LogP contribution in [0.5, 0.6) is 0 Å². The maximum atomic E-state index is 13.4. The Morgan fingerprint density at radius 2 is 1.41 bits per heavy atom. The molecule has 3 aromatic carbocycles. The van der Waals surface area contributed by atoms with Gasteiger partial charge in [0, 0.05) is 54.2 Å². The van der Waals surface area contributed by atoms with E-state index in [1.54, 1.807) is 58.3 Å². The number of carbonyl (C=O) groups is 2. The number of sulfonamides is 1. The summed E-state index contributed by atoms with van der Waals surface area (Å²) < 4.78 is 35.0. The van der Waals surface area contributed by atoms with Gasteiger partial charge in [0.15, 0.2) is 0 Å². The molecule has 194 valence electrons. The van der Waals surface area contributed by atoms with Gasteiger partial charge in [0.25, 0.3) is 5.91 Å². The summed E-state index contributed by atoms with van der Waals surface area (Å²) in [5.41, 5.74) is 1.06. The average Bonchev–Trinajstić information content (AvgIpc) is 2.94. The van der Waals surface area contributed by atoms with Crippen LogP contribution >= 0.6 is 0 Å². The standard InChI is InChI=1S/C27H30N4O5S/c32-26(20-6-2-1-3-7-20)28-24-10-11-25(23-9-5-4-8-22(23)24)37(34,35)29-21-12-14-30(15-13-21)27(33)31-16-18-36-19-17-31/h1-11,21,29H,12-19H2,(H,28,32). The van der Waals surface area contributed by atoms with Crippen LogP contribution in [0.4, 0.5) is 10.5 Å². The van der Waals surface area contributed by atoms with E-state index < -0.39 is 10.0 Å². The largest absolute Gasteiger partial charge is 0.378 e. The van der Waals surface area contributed by atoms with E-state index in [1.807, 2.05) is 12.1 Å². The molecule has 5 rings (SSSR count). The van der Waals surface area contributed by atoms with Gasteiger partial charge in [0.1, 0.15) is 0 Å². The number of rotatable bonds is 5. The molecule has 0 radical (unpaired) electrons. The zero-order valence-electron chi connectivity index (χ0n) is 20.4. The minimum atomic E-state index is -3.84. The van der Waals surface area contributed by atoms with Gasteiger partial charge in [-0.3, -0.25) is 4.79 Å². The molecule has 0 atom stereocenters. The van der Waals surface area contributed by atoms with Gasteiger partial charge in [-0.05, 0) is 37.1 Å². The fourth-order valence-corrected chi connectivity index (χ4v) is 6.34. The zero-order valence-corrected chi connectivity index (χ0v) is 21.2. The quantitative estimate of drug-likeness (QED) is 0.535. The van der Waals surface area contributed by atoms with Crippen molar-refractivity contribution in [3.8, 4) is 0 Å². The molecule has 0 bridgehead atoms. The van der Waals surface area contributed by atoms with Crippen molar-refractivity contribution in [2.24, 2.45) is 0 Å². The van der Waals surface area contributed by atoms with Gasteiger partial charge in [0.2, 0.25) is 10.0 Å². The van der Waals surface area contributed by atoms with Crippen LogP contribution in [0.1, 0.15) is 23.2 Å². The number of amides is 3. The Labute approximate surface area is 216 Å². The van der Waals surface area contributed by atoms with Gasteiger partial charge in [-0.1, -0.05) is 42.5 Å². The van der Waals surface area contributed by atoms with E-state index in [-0.39, 0.29) is 22.9 Å². The number of nitrogens with zero attached hydrogens (tertiary/aromatic N) is 2. The van der Waals surface area contributed by atoms with E-state index in [2.05, 4.69) is 10.0 Å². The van der Waals surface area contributed by atoms with Crippen LogP contribution in [0.15, 0.2) is 71.6 Å². The number of piperidine rings is 1. The first kappa shape index (κ1) is 25.2. The highest BCUT2D eigenvalue weighted by molar-refractivity contribution is 7.89. The molecular formula is C27H30N4O5S. The summed E-state index contributed by atoms with van der Waals surface area (Å²) in [6.07, 6.45) is 1.08. The third-order valence-corrected chi connectivity index (χ3v) is 8.41. The fourth-order valence-electron chi connectivity index (χ4n) is 4.82. The Morgan fingerprint density at radius 1 is 0.784 bits per heavy atom. The SMILES string of the molecule is O=C(Nc1ccc(S(=O)(=O)NC2CCN(C(=O)N3CCOCC3)CC2)c2ccccc12)c1ccccc1. The monoisotopic (exact) mass is 522 g/mol. The van der Waals surface area contributed by atoms with E-state index in [1.165, 1.54) is 6.07 Å². The lowest BCUT2D eigenvalue weighted by Gasteiger charge is -2.37. The van der Waals surface area contributed by atoms with Crippen molar-refractivity contribution in [2.75, 3.05) is 44.7 Å². The summed E-state index contributed by atoms with van der Waals surface area (Å²) in [4.78, 5) is 29.2. The van der Waals surface area contributed by atoms with E-state index in [4.69, 9.17) is 4.74 Å². The van der Waals surface area contributed by atoms with Crippen LogP contribution < -0.4 is 10.0 Å². The summed E-state index contributed by atoms with van der Waals surface area (Å²) in [6, 6.07) is 18.9. The lowest BCUT2D eigenvalue weighted by atomic mass is 10.1. The molecule has 0 saturated carbocycles. The Hall–Kier alpha value is -3.47. The molecule has 0 aromatic heterocycles. The summed E-state index contributed by atoms with van der Waals surface area (Å²) in [5, 5.41) is 4.07. The van der Waals surface area contributed by atoms with Crippen molar-refractivity contribution < 1.29 is 22.7 Å². The zero-order chi connectivity index (χ0) is 25.8. The van der Waals surface area contributed by atoms with Crippen molar-refractivity contribution in [1.29, 1.82) is 0 Å². The molecule has 0 unspecified atom stereocenters. The molecule has 10 heteroatoms. The molecule has 2 fully saturated rings. The number of carbonyl (C=O) groups excluding carboxylic acids is 2. The van der Waals surface area contributed by atoms with E-state index in [0.29, 0.717) is 74.3 Å². The number of fused-ring (bicyclic) bond motifs is 1. The first-order valence-corrected chi connectivity index (χ1v) is 13.9. The second-order valence-corrected chi connectivity index (χ2v) is 10.9. The Kier molecular flexibility index (Phi) is 7.40. The summed E-state index contributed by atoms with van der Waals surface area (Å²) in [7, 11) is -3.84. The van der Waals surface area contributed by atoms with Crippen molar-refractivity contribution in [2.45, 2.75) is 23.8 Å². The number of anilines is 1. The third kappa shape index (κ3) is 5.61. The predicted octanol–water partition coefficient (Wildman–Crippen LogP) is 3.29. The van der Waals surface area contributed by atoms with Crippen LogP contribution in [0.2, 0.25) is 0 Å². The molecule has 0 spiro atoms. The molecule has 2 N–H and O–H groups in total. The molecule has 3 aromatic rings. The van der Waals surface area contributed by atoms with E-state index >= 15 is 0 Å². The van der Waals surface area contributed by atoms with Gasteiger partial charge < -0.3 is 19.9 Å². The Bertz CT molecular complexity index is 1380. The lowest BCUT2D eigenvalue weighted by molar-refractivity contribution is 0.0410. The van der Waals surface area contributed by atoms with Crippen molar-refractivity contribution in [1.82, 2.24) is 14.5 Å². The molecular weight excluding hydrogens is 492 g/mol. The van der Waals surface area contributed by atoms with Gasteiger partial charge in [0.05, 0.1) is 18.1 Å². The molecule has 2 saturated heterocycles. The third-order valence-electron chi connectivity index (χ3n) is 6.83. The first-order valence-electron chi connectivity index (χ1n) is 12.4.